The molecule has 8 rings (SSSR count). The Hall–Kier alpha value is -3.91. The molecule has 0 N–H and O–H groups in total. The standard InChI is InChI=1S/C12H8O.2C7H5NS.C3H3NS.4C2H6/c1-3-7-11-9(5-1)10-6-2-4-8-12(10)13-11;2*1-2-4-7-6(3-1)8-5-9-7;1-2-5-3-4-1;4*1-2/h1-8H;2*1-5H;1-3H;4*1-2H3. The van der Waals surface area contributed by atoms with Crippen molar-refractivity contribution in [1.29, 1.82) is 0 Å². The van der Waals surface area contributed by atoms with Crippen LogP contribution in [0.3, 0.4) is 0 Å². The van der Waals surface area contributed by atoms with Gasteiger partial charge in [-0.15, -0.1) is 34.0 Å². The van der Waals surface area contributed by atoms with Crippen LogP contribution < -0.4 is 0 Å². The maximum Gasteiger partial charge on any atom is 0.135 e. The summed E-state index contributed by atoms with van der Waals surface area (Å²) >= 11 is 4.95. The minimum atomic E-state index is 0.962. The molecule has 0 saturated heterocycles. The summed E-state index contributed by atoms with van der Waals surface area (Å²) < 4.78 is 8.18. The summed E-state index contributed by atoms with van der Waals surface area (Å²) in [5, 5.41) is 4.32. The maximum atomic E-state index is 5.65. The molecule has 232 valence electrons. The molecule has 4 aromatic heterocycles. The van der Waals surface area contributed by atoms with E-state index in [2.05, 4.69) is 39.2 Å². The molecule has 4 nitrogen and oxygen atoms in total. The zero-order valence-corrected chi connectivity index (χ0v) is 29.5. The lowest BCUT2D eigenvalue weighted by Crippen LogP contribution is -1.62. The highest BCUT2D eigenvalue weighted by atomic mass is 32.1. The monoisotopic (exact) mass is 643 g/mol. The third-order valence-electron chi connectivity index (χ3n) is 5.10. The Morgan fingerprint density at radius 3 is 1.25 bits per heavy atom. The third-order valence-corrected chi connectivity index (χ3v) is 7.25. The van der Waals surface area contributed by atoms with Gasteiger partial charge in [0.25, 0.3) is 0 Å². The molecule has 0 aliphatic rings. The number of para-hydroxylation sites is 4. The number of hydrogen-bond donors (Lipinski definition) is 0. The largest absolute Gasteiger partial charge is 0.456 e. The van der Waals surface area contributed by atoms with Gasteiger partial charge in [0.05, 0.1) is 37.0 Å². The first-order chi connectivity index (χ1) is 21.9. The molecule has 0 atom stereocenters. The van der Waals surface area contributed by atoms with E-state index in [0.29, 0.717) is 0 Å². The molecule has 0 saturated carbocycles. The zero-order valence-electron chi connectivity index (χ0n) is 27.1. The van der Waals surface area contributed by atoms with Crippen LogP contribution in [0.1, 0.15) is 55.4 Å². The van der Waals surface area contributed by atoms with E-state index in [0.717, 1.165) is 22.2 Å². The van der Waals surface area contributed by atoms with Crippen molar-refractivity contribution in [2.75, 3.05) is 0 Å². The SMILES string of the molecule is CC.CC.CC.CC.c1ccc2c(c1)oc1ccccc12.c1ccc2scnc2c1.c1ccc2scnc2c1.c1cscn1. The number of benzene rings is 4. The topological polar surface area (TPSA) is 51.8 Å². The van der Waals surface area contributed by atoms with E-state index in [1.165, 1.54) is 20.2 Å². The summed E-state index contributed by atoms with van der Waals surface area (Å²) in [6.07, 6.45) is 1.77. The predicted octanol–water partition coefficient (Wildman–Crippen LogP) is 13.4. The number of nitrogens with zero attached hydrogens (tertiary/aromatic N) is 3. The second kappa shape index (κ2) is 24.5. The average molecular weight is 644 g/mol. The van der Waals surface area contributed by atoms with E-state index in [-0.39, 0.29) is 0 Å². The Morgan fingerprint density at radius 2 is 0.886 bits per heavy atom. The van der Waals surface area contributed by atoms with Gasteiger partial charge >= 0.3 is 0 Å². The van der Waals surface area contributed by atoms with Gasteiger partial charge in [0, 0.05) is 22.3 Å². The average Bonchev–Trinajstić information content (AvgIpc) is 3.96. The van der Waals surface area contributed by atoms with E-state index in [1.54, 1.807) is 45.7 Å². The van der Waals surface area contributed by atoms with Crippen LogP contribution in [-0.4, -0.2) is 15.0 Å². The number of furan rings is 1. The number of fused-ring (bicyclic) bond motifs is 5. The minimum Gasteiger partial charge on any atom is -0.456 e. The molecule has 0 amide bonds. The Labute approximate surface area is 275 Å². The van der Waals surface area contributed by atoms with Gasteiger partial charge in [-0.3, -0.25) is 4.98 Å². The number of thiazole rings is 3. The summed E-state index contributed by atoms with van der Waals surface area (Å²) in [5.41, 5.74) is 9.65. The second-order valence-corrected chi connectivity index (χ2v) is 9.94. The van der Waals surface area contributed by atoms with Crippen molar-refractivity contribution in [3.63, 3.8) is 0 Å². The van der Waals surface area contributed by atoms with Crippen molar-refractivity contribution in [3.05, 3.63) is 125 Å². The molecule has 7 heteroatoms. The molecule has 0 aliphatic carbocycles. The molecule has 4 heterocycles. The lowest BCUT2D eigenvalue weighted by atomic mass is 10.2. The van der Waals surface area contributed by atoms with Crippen LogP contribution in [0.25, 0.3) is 42.4 Å². The fourth-order valence-electron chi connectivity index (χ4n) is 3.46. The fourth-order valence-corrected chi connectivity index (χ4v) is 5.17. The second-order valence-electron chi connectivity index (χ2n) is 7.41. The van der Waals surface area contributed by atoms with E-state index < -0.39 is 0 Å². The summed E-state index contributed by atoms with van der Waals surface area (Å²) in [7, 11) is 0. The Bertz CT molecular complexity index is 1580. The lowest BCUT2D eigenvalue weighted by molar-refractivity contribution is 0.669. The van der Waals surface area contributed by atoms with Gasteiger partial charge in [-0.25, -0.2) is 9.97 Å². The van der Waals surface area contributed by atoms with Crippen LogP contribution >= 0.6 is 34.0 Å². The first-order valence-electron chi connectivity index (χ1n) is 15.1. The maximum absolute atomic E-state index is 5.65. The quantitative estimate of drug-likeness (QED) is 0.165. The van der Waals surface area contributed by atoms with Crippen LogP contribution in [-0.2, 0) is 0 Å². The summed E-state index contributed by atoms with van der Waals surface area (Å²) in [6, 6.07) is 32.5. The van der Waals surface area contributed by atoms with Crippen molar-refractivity contribution in [2.24, 2.45) is 0 Å². The highest BCUT2D eigenvalue weighted by Gasteiger charge is 2.03. The molecular formula is C37H45N3OS3. The van der Waals surface area contributed by atoms with Crippen LogP contribution in [0.15, 0.2) is 130 Å². The van der Waals surface area contributed by atoms with Crippen LogP contribution in [0.4, 0.5) is 0 Å². The first kappa shape index (κ1) is 38.1. The number of rotatable bonds is 0. The Kier molecular flexibility index (Phi) is 21.2. The zero-order chi connectivity index (χ0) is 32.4. The van der Waals surface area contributed by atoms with Crippen molar-refractivity contribution in [2.45, 2.75) is 55.4 Å². The summed E-state index contributed by atoms with van der Waals surface area (Å²) in [5.74, 6) is 0. The van der Waals surface area contributed by atoms with Crippen molar-refractivity contribution in [3.8, 4) is 0 Å². The van der Waals surface area contributed by atoms with Gasteiger partial charge in [-0.05, 0) is 36.4 Å². The van der Waals surface area contributed by atoms with E-state index in [1.807, 2.05) is 145 Å². The van der Waals surface area contributed by atoms with Gasteiger partial charge in [-0.1, -0.05) is 116 Å². The van der Waals surface area contributed by atoms with Gasteiger partial charge in [-0.2, -0.15) is 0 Å². The fraction of sp³-hybridized carbons (Fsp3) is 0.216. The molecule has 8 aromatic rings. The molecule has 4 aromatic carbocycles. The molecule has 0 spiro atoms. The lowest BCUT2D eigenvalue weighted by Gasteiger charge is -1.85. The highest BCUT2D eigenvalue weighted by molar-refractivity contribution is 7.17. The summed E-state index contributed by atoms with van der Waals surface area (Å²) in [4.78, 5) is 12.0. The molecule has 0 bridgehead atoms. The minimum absolute atomic E-state index is 0.962. The normalized spacial score (nSPS) is 8.91. The van der Waals surface area contributed by atoms with E-state index in [9.17, 15) is 0 Å². The van der Waals surface area contributed by atoms with Crippen LogP contribution in [0.5, 0.6) is 0 Å². The number of hydrogen-bond acceptors (Lipinski definition) is 7. The van der Waals surface area contributed by atoms with E-state index in [4.69, 9.17) is 4.42 Å². The van der Waals surface area contributed by atoms with Crippen LogP contribution in [0, 0.1) is 0 Å². The van der Waals surface area contributed by atoms with Crippen molar-refractivity contribution < 1.29 is 4.42 Å². The van der Waals surface area contributed by atoms with Crippen molar-refractivity contribution >= 4 is 76.4 Å². The smallest absolute Gasteiger partial charge is 0.135 e. The van der Waals surface area contributed by atoms with E-state index >= 15 is 0 Å². The Balaban J connectivity index is 0.000000281. The molecule has 0 unspecified atom stereocenters. The molecular weight excluding hydrogens is 599 g/mol. The van der Waals surface area contributed by atoms with Gasteiger partial charge in [0.2, 0.25) is 0 Å². The predicted molar refractivity (Wildman–Crippen MR) is 200 cm³/mol. The first-order valence-corrected chi connectivity index (χ1v) is 17.8. The Morgan fingerprint density at radius 1 is 0.477 bits per heavy atom. The van der Waals surface area contributed by atoms with Gasteiger partial charge in [0.1, 0.15) is 11.2 Å². The van der Waals surface area contributed by atoms with Gasteiger partial charge < -0.3 is 4.42 Å². The molecule has 0 radical (unpaired) electrons. The summed E-state index contributed by atoms with van der Waals surface area (Å²) in [6.45, 7) is 16.0. The van der Waals surface area contributed by atoms with Gasteiger partial charge in [0.15, 0.2) is 0 Å². The third kappa shape index (κ3) is 12.4. The molecule has 0 fully saturated rings. The van der Waals surface area contributed by atoms with Crippen molar-refractivity contribution in [1.82, 2.24) is 15.0 Å². The highest BCUT2D eigenvalue weighted by Crippen LogP contribution is 2.27. The number of aromatic nitrogens is 3. The molecule has 44 heavy (non-hydrogen) atoms. The molecule has 0 aliphatic heterocycles. The van der Waals surface area contributed by atoms with Crippen LogP contribution in [0.2, 0.25) is 0 Å².